The van der Waals surface area contributed by atoms with E-state index >= 15 is 0 Å². The second-order valence-corrected chi connectivity index (χ2v) is 5.45. The van der Waals surface area contributed by atoms with E-state index in [1.54, 1.807) is 7.05 Å². The van der Waals surface area contributed by atoms with Crippen molar-refractivity contribution in [3.63, 3.8) is 0 Å². The summed E-state index contributed by atoms with van der Waals surface area (Å²) in [5, 5.41) is 2.71. The first-order valence-electron chi connectivity index (χ1n) is 7.30. The summed E-state index contributed by atoms with van der Waals surface area (Å²) in [6.45, 7) is 7.57. The zero-order chi connectivity index (χ0) is 14.5. The molecule has 1 fully saturated rings. The lowest BCUT2D eigenvalue weighted by atomic mass is 9.98. The van der Waals surface area contributed by atoms with E-state index in [0.29, 0.717) is 0 Å². The van der Waals surface area contributed by atoms with Gasteiger partial charge in [0.25, 0.3) is 0 Å². The topological polar surface area (TPSA) is 41.6 Å². The fourth-order valence-corrected chi connectivity index (χ4v) is 2.51. The number of nitrogens with one attached hydrogen (secondary N) is 1. The molecule has 1 aromatic rings. The molecule has 1 saturated heterocycles. The average molecular weight is 276 g/mol. The van der Waals surface area contributed by atoms with Gasteiger partial charge in [0.2, 0.25) is 5.91 Å². The first-order chi connectivity index (χ1) is 9.63. The molecule has 1 heterocycles. The van der Waals surface area contributed by atoms with Crippen LogP contribution in [-0.4, -0.2) is 37.6 Å². The van der Waals surface area contributed by atoms with Crippen LogP contribution in [0.3, 0.4) is 0 Å². The summed E-state index contributed by atoms with van der Waals surface area (Å²) in [4.78, 5) is 13.7. The Bertz CT molecular complexity index is 468. The average Bonchev–Trinajstić information content (AvgIpc) is 2.40. The molecule has 0 bridgehead atoms. The van der Waals surface area contributed by atoms with Crippen molar-refractivity contribution >= 4 is 5.91 Å². The van der Waals surface area contributed by atoms with Crippen molar-refractivity contribution < 1.29 is 9.53 Å². The molecule has 1 amide bonds. The van der Waals surface area contributed by atoms with Crippen molar-refractivity contribution in [3.8, 4) is 5.75 Å². The maximum Gasteiger partial charge on any atom is 0.225 e. The number of carbonyl (C=O) groups is 1. The lowest BCUT2D eigenvalue weighted by Crippen LogP contribution is -2.52. The summed E-state index contributed by atoms with van der Waals surface area (Å²) in [5.74, 6) is 1.29. The molecule has 1 aromatic carbocycles. The molecule has 2 rings (SSSR count). The molecule has 4 heteroatoms. The van der Waals surface area contributed by atoms with E-state index in [1.807, 2.05) is 0 Å². The van der Waals surface area contributed by atoms with Crippen LogP contribution in [0.15, 0.2) is 18.2 Å². The van der Waals surface area contributed by atoms with Crippen LogP contribution in [0, 0.1) is 12.8 Å². The quantitative estimate of drug-likeness (QED) is 0.863. The Hall–Kier alpha value is -1.55. The number of ether oxygens (including phenoxy) is 1. The highest BCUT2D eigenvalue weighted by Crippen LogP contribution is 2.23. The van der Waals surface area contributed by atoms with Crippen LogP contribution in [0.25, 0.3) is 0 Å². The molecule has 20 heavy (non-hydrogen) atoms. The predicted octanol–water partition coefficient (Wildman–Crippen LogP) is 1.96. The lowest BCUT2D eigenvalue weighted by molar-refractivity contribution is -0.129. The van der Waals surface area contributed by atoms with E-state index < -0.39 is 0 Å². The Morgan fingerprint density at radius 2 is 2.20 bits per heavy atom. The Balaban J connectivity index is 1.86. The standard InChI is InChI=1S/C16H24N2O2/c1-4-7-20-15-6-5-13(8-12(15)2)9-18-10-14(11-18)16(19)17-3/h5-6,8,14H,4,7,9-11H2,1-3H3,(H,17,19). The van der Waals surface area contributed by atoms with E-state index in [2.05, 4.69) is 42.3 Å². The summed E-state index contributed by atoms with van der Waals surface area (Å²) in [7, 11) is 1.70. The van der Waals surface area contributed by atoms with Crippen molar-refractivity contribution in [2.75, 3.05) is 26.7 Å². The first-order valence-corrected chi connectivity index (χ1v) is 7.30. The number of rotatable bonds is 6. The number of hydrogen-bond donors (Lipinski definition) is 1. The maximum atomic E-state index is 11.4. The SMILES string of the molecule is CCCOc1ccc(CN2CC(C(=O)NC)C2)cc1C. The predicted molar refractivity (Wildman–Crippen MR) is 79.8 cm³/mol. The number of amides is 1. The molecule has 0 aromatic heterocycles. The zero-order valence-corrected chi connectivity index (χ0v) is 12.6. The van der Waals surface area contributed by atoms with Crippen molar-refractivity contribution in [2.45, 2.75) is 26.8 Å². The minimum Gasteiger partial charge on any atom is -0.493 e. The van der Waals surface area contributed by atoms with Gasteiger partial charge >= 0.3 is 0 Å². The molecule has 110 valence electrons. The molecule has 0 radical (unpaired) electrons. The fourth-order valence-electron chi connectivity index (χ4n) is 2.51. The minimum absolute atomic E-state index is 0.153. The van der Waals surface area contributed by atoms with Gasteiger partial charge in [0, 0.05) is 26.7 Å². The molecule has 1 aliphatic heterocycles. The highest BCUT2D eigenvalue weighted by atomic mass is 16.5. The van der Waals surface area contributed by atoms with Crippen LogP contribution in [-0.2, 0) is 11.3 Å². The van der Waals surface area contributed by atoms with Crippen molar-refractivity contribution in [1.29, 1.82) is 0 Å². The molecule has 1 N–H and O–H groups in total. The molecule has 0 atom stereocenters. The first kappa shape index (κ1) is 14.9. The third kappa shape index (κ3) is 3.51. The third-order valence-electron chi connectivity index (χ3n) is 3.68. The zero-order valence-electron chi connectivity index (χ0n) is 12.6. The second-order valence-electron chi connectivity index (χ2n) is 5.45. The van der Waals surface area contributed by atoms with Crippen LogP contribution in [0.1, 0.15) is 24.5 Å². The van der Waals surface area contributed by atoms with Crippen molar-refractivity contribution in [2.24, 2.45) is 5.92 Å². The fraction of sp³-hybridized carbons (Fsp3) is 0.562. The van der Waals surface area contributed by atoms with Crippen LogP contribution in [0.2, 0.25) is 0 Å². The van der Waals surface area contributed by atoms with Gasteiger partial charge in [0.05, 0.1) is 12.5 Å². The van der Waals surface area contributed by atoms with Crippen LogP contribution in [0.5, 0.6) is 5.75 Å². The van der Waals surface area contributed by atoms with Crippen LogP contribution < -0.4 is 10.1 Å². The summed E-state index contributed by atoms with van der Waals surface area (Å²) < 4.78 is 5.68. The molecule has 0 unspecified atom stereocenters. The van der Waals surface area contributed by atoms with Crippen LogP contribution in [0.4, 0.5) is 0 Å². The Kier molecular flexibility index (Phi) is 5.01. The van der Waals surface area contributed by atoms with Gasteiger partial charge in [0.15, 0.2) is 0 Å². The van der Waals surface area contributed by atoms with E-state index in [0.717, 1.165) is 38.4 Å². The lowest BCUT2D eigenvalue weighted by Gasteiger charge is -2.38. The molecular weight excluding hydrogens is 252 g/mol. The molecule has 0 spiro atoms. The number of benzene rings is 1. The smallest absolute Gasteiger partial charge is 0.225 e. The number of hydrogen-bond acceptors (Lipinski definition) is 3. The number of likely N-dealkylation sites (tertiary alicyclic amines) is 1. The van der Waals surface area contributed by atoms with Crippen molar-refractivity contribution in [3.05, 3.63) is 29.3 Å². The summed E-state index contributed by atoms with van der Waals surface area (Å²) in [5.41, 5.74) is 2.46. The van der Waals surface area contributed by atoms with Crippen molar-refractivity contribution in [1.82, 2.24) is 10.2 Å². The van der Waals surface area contributed by atoms with Gasteiger partial charge in [-0.1, -0.05) is 19.1 Å². The Labute approximate surface area is 121 Å². The van der Waals surface area contributed by atoms with Gasteiger partial charge < -0.3 is 10.1 Å². The van der Waals surface area contributed by atoms with Gasteiger partial charge in [-0.15, -0.1) is 0 Å². The van der Waals surface area contributed by atoms with Gasteiger partial charge in [0.1, 0.15) is 5.75 Å². The highest BCUT2D eigenvalue weighted by molar-refractivity contribution is 5.79. The van der Waals surface area contributed by atoms with Gasteiger partial charge in [-0.05, 0) is 30.5 Å². The number of nitrogens with zero attached hydrogens (tertiary/aromatic N) is 1. The molecule has 0 saturated carbocycles. The Morgan fingerprint density at radius 3 is 2.80 bits per heavy atom. The van der Waals surface area contributed by atoms with Gasteiger partial charge in [-0.2, -0.15) is 0 Å². The molecule has 4 nitrogen and oxygen atoms in total. The number of aryl methyl sites for hydroxylation is 1. The highest BCUT2D eigenvalue weighted by Gasteiger charge is 2.31. The van der Waals surface area contributed by atoms with E-state index in [4.69, 9.17) is 4.74 Å². The number of carbonyl (C=O) groups excluding carboxylic acids is 1. The van der Waals surface area contributed by atoms with E-state index in [-0.39, 0.29) is 11.8 Å². The van der Waals surface area contributed by atoms with E-state index in [9.17, 15) is 4.79 Å². The monoisotopic (exact) mass is 276 g/mol. The molecular formula is C16H24N2O2. The van der Waals surface area contributed by atoms with E-state index in [1.165, 1.54) is 11.1 Å². The second kappa shape index (κ2) is 6.75. The summed E-state index contributed by atoms with van der Waals surface area (Å²) in [6, 6.07) is 6.35. The Morgan fingerprint density at radius 1 is 1.45 bits per heavy atom. The van der Waals surface area contributed by atoms with Gasteiger partial charge in [-0.25, -0.2) is 0 Å². The van der Waals surface area contributed by atoms with Crippen LogP contribution >= 0.6 is 0 Å². The normalized spacial score (nSPS) is 15.8. The molecule has 0 aliphatic carbocycles. The largest absolute Gasteiger partial charge is 0.493 e. The maximum absolute atomic E-state index is 11.4. The molecule has 1 aliphatic rings. The van der Waals surface area contributed by atoms with Gasteiger partial charge in [-0.3, -0.25) is 9.69 Å². The summed E-state index contributed by atoms with van der Waals surface area (Å²) >= 11 is 0. The minimum atomic E-state index is 0.153. The summed E-state index contributed by atoms with van der Waals surface area (Å²) in [6.07, 6.45) is 1.02. The third-order valence-corrected chi connectivity index (χ3v) is 3.68.